The Morgan fingerprint density at radius 1 is 0.160 bits per heavy atom. The predicted octanol–water partition coefficient (Wildman–Crippen LogP) is 21.1. The van der Waals surface area contributed by atoms with Crippen LogP contribution in [0.5, 0.6) is 138 Å². The van der Waals surface area contributed by atoms with E-state index in [-0.39, 0.29) is 0 Å². The molecule has 12 aromatic heterocycles. The molecular formula is C83H64O24S12. The topological polar surface area (TPSA) is 222 Å². The highest BCUT2D eigenvalue weighted by Crippen LogP contribution is 2.72. The van der Waals surface area contributed by atoms with Crippen molar-refractivity contribution in [3.63, 3.8) is 0 Å². The average Bonchev–Trinajstić information content (AvgIpc) is 1.58. The summed E-state index contributed by atoms with van der Waals surface area (Å²) < 4.78 is 160. The van der Waals surface area contributed by atoms with Crippen LogP contribution in [-0.4, -0.2) is 159 Å². The molecule has 0 amide bonds. The van der Waals surface area contributed by atoms with E-state index in [1.807, 2.05) is 0 Å². The van der Waals surface area contributed by atoms with Gasteiger partial charge in [-0.15, -0.1) is 136 Å². The zero-order valence-corrected chi connectivity index (χ0v) is 73.1. The molecule has 36 heteroatoms. The summed E-state index contributed by atoms with van der Waals surface area (Å²) in [6, 6.07) is 6.64. The summed E-state index contributed by atoms with van der Waals surface area (Å²) in [5, 5.41) is 0. The Kier molecular flexibility index (Phi) is 17.7. The maximum atomic E-state index is 6.96. The summed E-state index contributed by atoms with van der Waals surface area (Å²) in [7, 11) is 0. The summed E-state index contributed by atoms with van der Waals surface area (Å²) in [4.78, 5) is 21.3. The van der Waals surface area contributed by atoms with Gasteiger partial charge >= 0.3 is 0 Å². The van der Waals surface area contributed by atoms with Crippen molar-refractivity contribution in [1.82, 2.24) is 0 Å². The van der Waals surface area contributed by atoms with Crippen LogP contribution < -0.4 is 114 Å². The van der Waals surface area contributed by atoms with Gasteiger partial charge in [0.2, 0.25) is 0 Å². The van der Waals surface area contributed by atoms with Crippen LogP contribution in [0, 0.1) is 6.92 Å². The van der Waals surface area contributed by atoms with Gasteiger partial charge in [0.15, 0.2) is 138 Å². The molecule has 0 spiro atoms. The number of fused-ring (bicyclic) bond motifs is 12. The van der Waals surface area contributed by atoms with E-state index in [2.05, 4.69) is 39.0 Å². The first kappa shape index (κ1) is 72.6. The van der Waals surface area contributed by atoms with E-state index < -0.39 is 0 Å². The van der Waals surface area contributed by atoms with Gasteiger partial charge in [0.1, 0.15) is 159 Å². The van der Waals surface area contributed by atoms with Crippen molar-refractivity contribution in [2.75, 3.05) is 159 Å². The Bertz CT molecular complexity index is 6070. The lowest BCUT2D eigenvalue weighted by Gasteiger charge is -2.20. The van der Waals surface area contributed by atoms with Gasteiger partial charge in [-0.1, -0.05) is 13.8 Å². The van der Waals surface area contributed by atoms with Gasteiger partial charge in [0.05, 0.1) is 112 Å². The van der Waals surface area contributed by atoms with Crippen molar-refractivity contribution in [3.05, 3.63) is 32.8 Å². The minimum Gasteiger partial charge on any atom is -0.485 e. The molecule has 0 unspecified atom stereocenters. The van der Waals surface area contributed by atoms with Crippen molar-refractivity contribution in [3.8, 4) is 257 Å². The Balaban J connectivity index is 0.671. The van der Waals surface area contributed by atoms with Gasteiger partial charge < -0.3 is 114 Å². The van der Waals surface area contributed by atoms with Gasteiger partial charge in [-0.05, 0) is 54.7 Å². The van der Waals surface area contributed by atoms with Crippen LogP contribution in [-0.2, 0) is 12.8 Å². The van der Waals surface area contributed by atoms with Crippen LogP contribution in [0.4, 0.5) is 0 Å². The summed E-state index contributed by atoms with van der Waals surface area (Å²) in [6.45, 7) is 15.3. The predicted molar refractivity (Wildman–Crippen MR) is 462 cm³/mol. The second-order valence-corrected chi connectivity index (χ2v) is 40.9. The first-order valence-corrected chi connectivity index (χ1v) is 48.9. The largest absolute Gasteiger partial charge is 0.485 e. The fourth-order valence-electron chi connectivity index (χ4n) is 16.4. The zero-order chi connectivity index (χ0) is 78.4. The highest BCUT2D eigenvalue weighted by molar-refractivity contribution is 7.32. The minimum atomic E-state index is 0.303. The van der Waals surface area contributed by atoms with Gasteiger partial charge in [-0.3, -0.25) is 0 Å². The van der Waals surface area contributed by atoms with E-state index in [1.54, 1.807) is 136 Å². The molecule has 24 heterocycles. The maximum Gasteiger partial charge on any atom is 0.181 e. The van der Waals surface area contributed by atoms with Crippen LogP contribution in [0.3, 0.4) is 0 Å². The molecule has 0 radical (unpaired) electrons. The third kappa shape index (κ3) is 11.3. The summed E-state index contributed by atoms with van der Waals surface area (Å²) in [5.41, 5.74) is 2.48. The number of benzene rings is 1. The Morgan fingerprint density at radius 3 is 0.471 bits per heavy atom. The molecule has 1 aromatic carbocycles. The molecule has 12 aliphatic heterocycles. The lowest BCUT2D eigenvalue weighted by molar-refractivity contribution is 0.170. The van der Waals surface area contributed by atoms with Crippen molar-refractivity contribution < 1.29 is 114 Å². The first-order chi connectivity index (χ1) is 58.9. The summed E-state index contributed by atoms with van der Waals surface area (Å²) >= 11 is 19.2. The molecule has 0 aliphatic carbocycles. The number of hydrogen-bond acceptors (Lipinski definition) is 36. The van der Waals surface area contributed by atoms with Gasteiger partial charge in [-0.2, -0.15) is 0 Å². The lowest BCUT2D eigenvalue weighted by Crippen LogP contribution is -2.16. The standard InChI is InChI=1S/C83H64O24S12/c1-4-37-40-43(88-10-7-85-40)67(109-37)70-52-55(100-22-19-97-52)79(115-70)82-61-58(103-25-28-106-61)76(118-82)73-49-46(91-13-16-94-49)64(112-73)35-30-34(63-45-48(93-15-12-90-45)72(111-63)75-57-60(105-27-24-102-57)81(117-75)78-54-51(96-18-21-99-54)69(114-78)66-42-39(33(3)108-66)84-6-9-87-42)31-36(32-35)65-47-50(95-17-14-92-47)74(113-65)77-59-62(107-29-26-104-59)83(119-77)80-56-53(98-20-23-101-56)71(116-80)68-44-41(38(5-2)110-68)86-8-11-89-44/h30-32H,4-29H2,1-3H3. The van der Waals surface area contributed by atoms with Crippen LogP contribution in [0.2, 0.25) is 0 Å². The second kappa shape index (κ2) is 29.0. The normalized spacial score (nSPS) is 17.1. The van der Waals surface area contributed by atoms with E-state index >= 15 is 0 Å². The molecule has 119 heavy (non-hydrogen) atoms. The number of rotatable bonds is 14. The molecule has 0 saturated heterocycles. The molecular weight excluding hydrogens is 1770 g/mol. The Labute approximate surface area is 725 Å². The molecule has 13 aromatic rings. The SMILES string of the molecule is CCc1sc(-c2sc(-c3sc(-c4sc(-c5cc(-c6sc(-c7sc(-c8sc(-c9sc(C)c%10c9OCCO%10)c9c8OCCO9)c8c7OCCO8)c7c6OCCO7)cc(-c6sc(-c7sc(-c8sc(-c9sc(CC)c%10c9OCCO%10)c9c8OCCO9)c8c7OCCO8)c7c6OCCO7)c5)c5c4OCCO5)c4c3OCCO4)c3c2OCCO3)c2c1OCCO2. The molecule has 12 aliphatic rings. The third-order valence-electron chi connectivity index (χ3n) is 21.3. The van der Waals surface area contributed by atoms with E-state index in [9.17, 15) is 0 Å². The van der Waals surface area contributed by atoms with Crippen LogP contribution >= 0.6 is 136 Å². The highest BCUT2D eigenvalue weighted by Gasteiger charge is 2.45. The average molecular weight is 1830 g/mol. The number of ether oxygens (including phenoxy) is 24. The quantitative estimate of drug-likeness (QED) is 0.0987. The van der Waals surface area contributed by atoms with Crippen LogP contribution in [0.25, 0.3) is 119 Å². The number of hydrogen-bond donors (Lipinski definition) is 0. The first-order valence-electron chi connectivity index (χ1n) is 39.1. The lowest BCUT2D eigenvalue weighted by atomic mass is 10.0. The van der Waals surface area contributed by atoms with Gasteiger partial charge in [0.25, 0.3) is 0 Å². The van der Waals surface area contributed by atoms with E-state index in [1.165, 1.54) is 0 Å². The summed E-state index contributed by atoms with van der Waals surface area (Å²) in [5.74, 6) is 15.8. The van der Waals surface area contributed by atoms with Crippen molar-refractivity contribution in [1.29, 1.82) is 0 Å². The van der Waals surface area contributed by atoms with Gasteiger partial charge in [-0.25, -0.2) is 0 Å². The Morgan fingerprint density at radius 2 is 0.286 bits per heavy atom. The van der Waals surface area contributed by atoms with Crippen LogP contribution in [0.15, 0.2) is 18.2 Å². The molecule has 25 rings (SSSR count). The molecule has 0 N–H and O–H groups in total. The molecule has 0 bridgehead atoms. The smallest absolute Gasteiger partial charge is 0.181 e. The fraction of sp³-hybridized carbons (Fsp3) is 0.349. The number of thiophene rings is 12. The third-order valence-corrected chi connectivity index (χ3v) is 37.0. The molecule has 0 saturated carbocycles. The van der Waals surface area contributed by atoms with E-state index in [0.29, 0.717) is 262 Å². The van der Waals surface area contributed by atoms with Crippen LogP contribution in [0.1, 0.15) is 28.5 Å². The Hall–Kier alpha value is -9.18. The fourth-order valence-corrected chi connectivity index (χ4v) is 31.5. The van der Waals surface area contributed by atoms with E-state index in [0.717, 1.165) is 181 Å². The maximum absolute atomic E-state index is 6.96. The summed E-state index contributed by atoms with van der Waals surface area (Å²) in [6.07, 6.45) is 1.58. The van der Waals surface area contributed by atoms with Crippen molar-refractivity contribution in [2.24, 2.45) is 0 Å². The molecule has 24 nitrogen and oxygen atoms in total. The number of aryl methyl sites for hydroxylation is 3. The monoisotopic (exact) mass is 1830 g/mol. The highest BCUT2D eigenvalue weighted by atomic mass is 32.1. The second-order valence-electron chi connectivity index (χ2n) is 28.3. The molecule has 0 atom stereocenters. The zero-order valence-electron chi connectivity index (χ0n) is 63.3. The molecule has 0 fully saturated rings. The van der Waals surface area contributed by atoms with Crippen molar-refractivity contribution >= 4 is 136 Å². The van der Waals surface area contributed by atoms with Crippen molar-refractivity contribution in [2.45, 2.75) is 33.6 Å². The molecule has 612 valence electrons. The van der Waals surface area contributed by atoms with E-state index in [4.69, 9.17) is 114 Å². The van der Waals surface area contributed by atoms with Gasteiger partial charge in [0, 0.05) is 4.88 Å². The minimum absolute atomic E-state index is 0.303.